The summed E-state index contributed by atoms with van der Waals surface area (Å²) in [6.45, 7) is 10.4. The number of piperidine rings is 1. The summed E-state index contributed by atoms with van der Waals surface area (Å²) in [6, 6.07) is 12.8. The average Bonchev–Trinajstić information content (AvgIpc) is 3.41. The zero-order chi connectivity index (χ0) is 29.0. The molecule has 1 spiro atoms. The Morgan fingerprint density at radius 1 is 1.12 bits per heavy atom. The lowest BCUT2D eigenvalue weighted by Gasteiger charge is -2.39. The highest BCUT2D eigenvalue weighted by atomic mass is 16.7. The van der Waals surface area contributed by atoms with Gasteiger partial charge in [0.1, 0.15) is 11.4 Å². The summed E-state index contributed by atoms with van der Waals surface area (Å²) in [5, 5.41) is 5.90. The summed E-state index contributed by atoms with van der Waals surface area (Å²) in [5.74, 6) is -0.632. The molecule has 0 atom stereocenters. The normalized spacial score (nSPS) is 15.9. The van der Waals surface area contributed by atoms with Crippen molar-refractivity contribution in [3.8, 4) is 11.6 Å². The molecule has 3 heterocycles. The van der Waals surface area contributed by atoms with Gasteiger partial charge in [0.25, 0.3) is 5.91 Å². The number of hydrogen-bond donors (Lipinski definition) is 3. The number of nitrogens with one attached hydrogen (secondary N) is 2. The van der Waals surface area contributed by atoms with Crippen LogP contribution in [0.5, 0.6) is 11.6 Å². The van der Waals surface area contributed by atoms with E-state index in [4.69, 9.17) is 19.9 Å². The summed E-state index contributed by atoms with van der Waals surface area (Å²) in [4.78, 5) is 35.4. The standard InChI is InChI=1S/C30H34N6O5/c1-4-23-29(41-22-8-6-7-20(18-22)32-25(37)5-2)35-28(26(34-23)27(31)38)33-21-9-10-24(19(3)17-21)36-13-11-30(12-14-36)39-15-16-40-30/h5-10,17-18H,2,4,11-16H2,1,3H3,(H2,31,38)(H,32,37)(H,33,35). The van der Waals surface area contributed by atoms with Crippen molar-refractivity contribution < 1.29 is 23.8 Å². The molecule has 214 valence electrons. The maximum atomic E-state index is 12.3. The molecule has 4 N–H and O–H groups in total. The Labute approximate surface area is 238 Å². The maximum absolute atomic E-state index is 12.3. The summed E-state index contributed by atoms with van der Waals surface area (Å²) < 4.78 is 17.8. The average molecular weight is 559 g/mol. The molecule has 2 aliphatic heterocycles. The second kappa shape index (κ2) is 11.9. The van der Waals surface area contributed by atoms with Gasteiger partial charge in [0.2, 0.25) is 11.8 Å². The van der Waals surface area contributed by atoms with Gasteiger partial charge in [0, 0.05) is 49.1 Å². The van der Waals surface area contributed by atoms with Crippen LogP contribution in [0, 0.1) is 6.92 Å². The molecule has 11 nitrogen and oxygen atoms in total. The molecule has 0 radical (unpaired) electrons. The minimum atomic E-state index is -0.706. The van der Waals surface area contributed by atoms with Gasteiger partial charge in [-0.25, -0.2) is 4.98 Å². The first-order valence-electron chi connectivity index (χ1n) is 13.6. The number of benzene rings is 2. The number of amides is 2. The van der Waals surface area contributed by atoms with Crippen molar-refractivity contribution in [2.45, 2.75) is 38.9 Å². The van der Waals surface area contributed by atoms with Crippen LogP contribution < -0.4 is 26.0 Å². The van der Waals surface area contributed by atoms with E-state index in [1.165, 1.54) is 6.08 Å². The number of ether oxygens (including phenoxy) is 3. The van der Waals surface area contributed by atoms with Crippen LogP contribution in [0.25, 0.3) is 0 Å². The van der Waals surface area contributed by atoms with Crippen LogP contribution in [0.15, 0.2) is 55.1 Å². The van der Waals surface area contributed by atoms with Crippen LogP contribution in [0.3, 0.4) is 0 Å². The van der Waals surface area contributed by atoms with E-state index in [1.807, 2.05) is 32.0 Å². The fourth-order valence-corrected chi connectivity index (χ4v) is 5.07. The molecule has 0 aliphatic carbocycles. The van der Waals surface area contributed by atoms with Gasteiger partial charge in [-0.1, -0.05) is 19.6 Å². The highest BCUT2D eigenvalue weighted by Gasteiger charge is 2.40. The van der Waals surface area contributed by atoms with Crippen LogP contribution in [-0.4, -0.2) is 53.9 Å². The fraction of sp³-hybridized carbons (Fsp3) is 0.333. The van der Waals surface area contributed by atoms with Crippen molar-refractivity contribution in [2.75, 3.05) is 41.8 Å². The van der Waals surface area contributed by atoms with Gasteiger partial charge in [-0.3, -0.25) is 9.59 Å². The molecule has 11 heteroatoms. The Bertz CT molecular complexity index is 1460. The number of carbonyl (C=O) groups is 2. The highest BCUT2D eigenvalue weighted by molar-refractivity contribution is 5.99. The first kappa shape index (κ1) is 28.1. The van der Waals surface area contributed by atoms with Crippen LogP contribution in [-0.2, 0) is 20.7 Å². The smallest absolute Gasteiger partial charge is 0.271 e. The minimum Gasteiger partial charge on any atom is -0.437 e. The van der Waals surface area contributed by atoms with E-state index in [0.717, 1.165) is 42.9 Å². The second-order valence-corrected chi connectivity index (χ2v) is 9.93. The first-order chi connectivity index (χ1) is 19.8. The largest absolute Gasteiger partial charge is 0.437 e. The Hall–Kier alpha value is -4.48. The highest BCUT2D eigenvalue weighted by Crippen LogP contribution is 2.35. The molecule has 2 fully saturated rings. The number of rotatable bonds is 9. The summed E-state index contributed by atoms with van der Waals surface area (Å²) in [7, 11) is 0. The zero-order valence-electron chi connectivity index (χ0n) is 23.2. The van der Waals surface area contributed by atoms with Crippen molar-refractivity contribution in [1.29, 1.82) is 0 Å². The lowest BCUT2D eigenvalue weighted by atomic mass is 10.0. The molecular formula is C30H34N6O5. The number of primary amides is 1. The third-order valence-corrected chi connectivity index (χ3v) is 7.14. The van der Waals surface area contributed by atoms with Gasteiger partial charge in [0.05, 0.1) is 13.2 Å². The van der Waals surface area contributed by atoms with Gasteiger partial charge in [-0.15, -0.1) is 0 Å². The number of carbonyl (C=O) groups excluding carboxylic acids is 2. The van der Waals surface area contributed by atoms with E-state index < -0.39 is 11.7 Å². The van der Waals surface area contributed by atoms with Gasteiger partial charge in [-0.05, 0) is 55.3 Å². The zero-order valence-corrected chi connectivity index (χ0v) is 23.2. The van der Waals surface area contributed by atoms with Crippen LogP contribution in [0.2, 0.25) is 0 Å². The van der Waals surface area contributed by atoms with Crippen molar-refractivity contribution in [3.05, 3.63) is 72.1 Å². The molecular weight excluding hydrogens is 524 g/mol. The van der Waals surface area contributed by atoms with E-state index >= 15 is 0 Å². The number of anilines is 4. The Kier molecular flexibility index (Phi) is 8.18. The predicted octanol–water partition coefficient (Wildman–Crippen LogP) is 4.45. The summed E-state index contributed by atoms with van der Waals surface area (Å²) in [6.07, 6.45) is 3.28. The monoisotopic (exact) mass is 558 g/mol. The molecule has 0 bridgehead atoms. The van der Waals surface area contributed by atoms with Crippen LogP contribution >= 0.6 is 0 Å². The second-order valence-electron chi connectivity index (χ2n) is 9.93. The number of nitrogens with zero attached hydrogens (tertiary/aromatic N) is 3. The van der Waals surface area contributed by atoms with E-state index in [9.17, 15) is 9.59 Å². The third-order valence-electron chi connectivity index (χ3n) is 7.14. The number of aromatic nitrogens is 2. The van der Waals surface area contributed by atoms with Gasteiger partial charge in [0.15, 0.2) is 17.3 Å². The number of hydrogen-bond acceptors (Lipinski definition) is 9. The quantitative estimate of drug-likeness (QED) is 0.325. The Morgan fingerprint density at radius 2 is 1.88 bits per heavy atom. The van der Waals surface area contributed by atoms with E-state index in [2.05, 4.69) is 32.1 Å². The molecule has 3 aromatic rings. The number of aryl methyl sites for hydroxylation is 2. The van der Waals surface area contributed by atoms with Crippen molar-refractivity contribution >= 4 is 34.7 Å². The van der Waals surface area contributed by atoms with Crippen molar-refractivity contribution in [2.24, 2.45) is 5.73 Å². The Balaban J connectivity index is 1.37. The topological polar surface area (TPSA) is 141 Å². The van der Waals surface area contributed by atoms with Crippen LogP contribution in [0.1, 0.15) is 41.5 Å². The molecule has 2 aromatic carbocycles. The SMILES string of the molecule is C=CC(=O)Nc1cccc(Oc2nc(Nc3ccc(N4CCC5(CC4)OCCO5)c(C)c3)c(C(N)=O)nc2CC)c1. The lowest BCUT2D eigenvalue weighted by Crippen LogP contribution is -2.45. The minimum absolute atomic E-state index is 0.0146. The van der Waals surface area contributed by atoms with Crippen molar-refractivity contribution in [1.82, 2.24) is 9.97 Å². The summed E-state index contributed by atoms with van der Waals surface area (Å²) in [5.41, 5.74) is 9.61. The molecule has 1 aromatic heterocycles. The molecule has 0 unspecified atom stereocenters. The Morgan fingerprint density at radius 3 is 2.54 bits per heavy atom. The van der Waals surface area contributed by atoms with Crippen LogP contribution in [0.4, 0.5) is 22.9 Å². The molecule has 5 rings (SSSR count). The van der Waals surface area contributed by atoms with Gasteiger partial charge in [-0.2, -0.15) is 4.98 Å². The molecule has 0 saturated carbocycles. The van der Waals surface area contributed by atoms with Gasteiger partial charge < -0.3 is 35.5 Å². The molecule has 2 saturated heterocycles. The van der Waals surface area contributed by atoms with E-state index in [1.54, 1.807) is 24.3 Å². The fourth-order valence-electron chi connectivity index (χ4n) is 5.07. The number of nitrogens with two attached hydrogens (primary N) is 1. The van der Waals surface area contributed by atoms with Crippen molar-refractivity contribution in [3.63, 3.8) is 0 Å². The third kappa shape index (κ3) is 6.31. The molecule has 2 aliphatic rings. The summed E-state index contributed by atoms with van der Waals surface area (Å²) >= 11 is 0. The predicted molar refractivity (Wildman–Crippen MR) is 156 cm³/mol. The van der Waals surface area contributed by atoms with E-state index in [-0.39, 0.29) is 23.3 Å². The van der Waals surface area contributed by atoms with E-state index in [0.29, 0.717) is 36.8 Å². The molecule has 2 amide bonds. The molecule has 41 heavy (non-hydrogen) atoms. The van der Waals surface area contributed by atoms with Gasteiger partial charge >= 0.3 is 0 Å². The first-order valence-corrected chi connectivity index (χ1v) is 13.6. The maximum Gasteiger partial charge on any atom is 0.271 e. The lowest BCUT2D eigenvalue weighted by molar-refractivity contribution is -0.169.